The fraction of sp³-hybridized carbons (Fsp3) is 0.500. The fourth-order valence-corrected chi connectivity index (χ4v) is 7.34. The van der Waals surface area contributed by atoms with Crippen molar-refractivity contribution < 1.29 is 23.1 Å². The van der Waals surface area contributed by atoms with E-state index in [1.165, 1.54) is 10.6 Å². The van der Waals surface area contributed by atoms with Crippen molar-refractivity contribution in [1.82, 2.24) is 9.21 Å². The largest absolute Gasteiger partial charge is 0.481 e. The number of halogens is 2. The molecule has 0 radical (unpaired) electrons. The van der Waals surface area contributed by atoms with Gasteiger partial charge in [0, 0.05) is 34.6 Å². The second-order valence-electron chi connectivity index (χ2n) is 10.8. The molecule has 0 bridgehead atoms. The number of piperidine rings is 1. The number of rotatable bonds is 10. The van der Waals surface area contributed by atoms with Crippen molar-refractivity contribution in [2.75, 3.05) is 12.8 Å². The lowest BCUT2D eigenvalue weighted by molar-refractivity contribution is -0.160. The van der Waals surface area contributed by atoms with Crippen LogP contribution in [0.15, 0.2) is 48.5 Å². The third-order valence-electron chi connectivity index (χ3n) is 7.77. The van der Waals surface area contributed by atoms with E-state index in [1.807, 2.05) is 37.3 Å². The van der Waals surface area contributed by atoms with Crippen molar-refractivity contribution in [1.29, 1.82) is 0 Å². The maximum absolute atomic E-state index is 14.3. The lowest BCUT2D eigenvalue weighted by atomic mass is 9.67. The second kappa shape index (κ2) is 11.2. The van der Waals surface area contributed by atoms with Crippen LogP contribution in [-0.2, 0) is 19.6 Å². The normalized spacial score (nSPS) is 25.0. The molecule has 10 heteroatoms. The Morgan fingerprint density at radius 1 is 1.13 bits per heavy atom. The van der Waals surface area contributed by atoms with Gasteiger partial charge in [-0.1, -0.05) is 61.3 Å². The highest BCUT2D eigenvalue weighted by molar-refractivity contribution is 7.88. The molecule has 4 rings (SSSR count). The average molecular weight is 582 g/mol. The van der Waals surface area contributed by atoms with Crippen LogP contribution in [0.25, 0.3) is 0 Å². The highest BCUT2D eigenvalue weighted by Crippen LogP contribution is 2.52. The van der Waals surface area contributed by atoms with Crippen molar-refractivity contribution in [3.63, 3.8) is 0 Å². The van der Waals surface area contributed by atoms with Gasteiger partial charge in [-0.3, -0.25) is 9.59 Å². The van der Waals surface area contributed by atoms with Crippen molar-refractivity contribution in [3.05, 3.63) is 69.7 Å². The maximum atomic E-state index is 14.3. The van der Waals surface area contributed by atoms with E-state index in [0.29, 0.717) is 22.9 Å². The summed E-state index contributed by atoms with van der Waals surface area (Å²) in [5, 5.41) is 10.9. The highest BCUT2D eigenvalue weighted by atomic mass is 35.5. The number of benzene rings is 2. The number of carbonyl (C=O) groups is 2. The van der Waals surface area contributed by atoms with Crippen molar-refractivity contribution in [2.45, 2.75) is 70.0 Å². The van der Waals surface area contributed by atoms with Gasteiger partial charge in [-0.2, -0.15) is 4.31 Å². The van der Waals surface area contributed by atoms with Crippen LogP contribution in [0.3, 0.4) is 0 Å². The molecule has 0 spiro atoms. The molecule has 1 aliphatic heterocycles. The van der Waals surface area contributed by atoms with Gasteiger partial charge < -0.3 is 10.0 Å². The van der Waals surface area contributed by atoms with E-state index < -0.39 is 33.5 Å². The number of hydrogen-bond donors (Lipinski definition) is 1. The van der Waals surface area contributed by atoms with E-state index >= 15 is 0 Å². The van der Waals surface area contributed by atoms with Gasteiger partial charge in [0.15, 0.2) is 0 Å². The highest BCUT2D eigenvalue weighted by Gasteiger charge is 2.53. The van der Waals surface area contributed by atoms with Crippen LogP contribution < -0.4 is 0 Å². The molecule has 4 atom stereocenters. The third-order valence-corrected chi connectivity index (χ3v) is 9.55. The molecule has 1 N–H and O–H groups in total. The molecule has 1 amide bonds. The molecule has 1 saturated carbocycles. The zero-order valence-corrected chi connectivity index (χ0v) is 24.1. The average Bonchev–Trinajstić information content (AvgIpc) is 3.66. The number of carboxylic acid groups (broad SMARTS) is 1. The molecule has 38 heavy (non-hydrogen) atoms. The number of sulfonamides is 1. The molecule has 2 fully saturated rings. The summed E-state index contributed by atoms with van der Waals surface area (Å²) < 4.78 is 27.0. The minimum atomic E-state index is -3.50. The van der Waals surface area contributed by atoms with E-state index in [1.54, 1.807) is 30.0 Å². The Kier molecular flexibility index (Phi) is 8.48. The topological polar surface area (TPSA) is 95.0 Å². The van der Waals surface area contributed by atoms with E-state index in [2.05, 4.69) is 0 Å². The standard InChI is InChI=1S/C28H34Cl2N2O5S/c1-4-22(17-31(23-12-13-23)38(3,36)37)32-26(18-8-10-20(29)11-9-18)24(19-6-5-7-21(30)14-19)15-28(2,27(32)35)16-25(33)34/h5-11,14,22-24,26H,4,12-13,15-17H2,1-3H3,(H,33,34)/t22-,24+,26?,28+/m0/s1. The van der Waals surface area contributed by atoms with Crippen molar-refractivity contribution in [2.24, 2.45) is 5.41 Å². The van der Waals surface area contributed by atoms with Crippen LogP contribution in [0.4, 0.5) is 0 Å². The van der Waals surface area contributed by atoms with Gasteiger partial charge >= 0.3 is 5.97 Å². The third kappa shape index (κ3) is 6.19. The molecule has 206 valence electrons. The summed E-state index contributed by atoms with van der Waals surface area (Å²) in [6.07, 6.45) is 3.26. The van der Waals surface area contributed by atoms with Gasteiger partial charge in [0.05, 0.1) is 24.1 Å². The minimum absolute atomic E-state index is 0.0675. The van der Waals surface area contributed by atoms with Gasteiger partial charge in [0.1, 0.15) is 0 Å². The van der Waals surface area contributed by atoms with Crippen LogP contribution in [-0.4, -0.2) is 59.5 Å². The summed E-state index contributed by atoms with van der Waals surface area (Å²) in [7, 11) is -3.50. The van der Waals surface area contributed by atoms with E-state index in [-0.39, 0.29) is 30.8 Å². The second-order valence-corrected chi connectivity index (χ2v) is 13.6. The van der Waals surface area contributed by atoms with Gasteiger partial charge in [0.2, 0.25) is 15.9 Å². The molecular weight excluding hydrogens is 547 g/mol. The molecule has 1 unspecified atom stereocenters. The predicted molar refractivity (Wildman–Crippen MR) is 149 cm³/mol. The van der Waals surface area contributed by atoms with E-state index in [9.17, 15) is 23.1 Å². The van der Waals surface area contributed by atoms with Gasteiger partial charge in [-0.15, -0.1) is 0 Å². The Hall–Kier alpha value is -2.13. The lowest BCUT2D eigenvalue weighted by Gasteiger charge is -2.52. The molecule has 1 saturated heterocycles. The van der Waals surface area contributed by atoms with Gasteiger partial charge in [0.25, 0.3) is 0 Å². The molecule has 2 aliphatic rings. The summed E-state index contributed by atoms with van der Waals surface area (Å²) >= 11 is 12.6. The van der Waals surface area contributed by atoms with Gasteiger partial charge in [-0.25, -0.2) is 8.42 Å². The number of carbonyl (C=O) groups excluding carboxylic acids is 1. The molecular formula is C28H34Cl2N2O5S. The Bertz CT molecular complexity index is 1300. The number of aliphatic carboxylic acids is 1. The van der Waals surface area contributed by atoms with Crippen LogP contribution in [0.5, 0.6) is 0 Å². The van der Waals surface area contributed by atoms with Crippen molar-refractivity contribution in [3.8, 4) is 0 Å². The number of amides is 1. The smallest absolute Gasteiger partial charge is 0.304 e. The van der Waals surface area contributed by atoms with Crippen LogP contribution in [0, 0.1) is 5.41 Å². The molecule has 1 heterocycles. The number of hydrogen-bond acceptors (Lipinski definition) is 4. The molecule has 2 aromatic rings. The van der Waals surface area contributed by atoms with E-state index in [0.717, 1.165) is 24.0 Å². The summed E-state index contributed by atoms with van der Waals surface area (Å²) in [4.78, 5) is 28.1. The predicted octanol–water partition coefficient (Wildman–Crippen LogP) is 5.73. The Balaban J connectivity index is 1.89. The lowest BCUT2D eigenvalue weighted by Crippen LogP contribution is -2.58. The van der Waals surface area contributed by atoms with Crippen LogP contribution >= 0.6 is 23.2 Å². The minimum Gasteiger partial charge on any atom is -0.481 e. The van der Waals surface area contributed by atoms with Crippen LogP contribution in [0.2, 0.25) is 10.0 Å². The van der Waals surface area contributed by atoms with Crippen molar-refractivity contribution >= 4 is 45.1 Å². The first-order chi connectivity index (χ1) is 17.8. The monoisotopic (exact) mass is 580 g/mol. The quantitative estimate of drug-likeness (QED) is 0.387. The molecule has 7 nitrogen and oxygen atoms in total. The summed E-state index contributed by atoms with van der Waals surface area (Å²) in [6.45, 7) is 3.79. The first-order valence-electron chi connectivity index (χ1n) is 12.9. The zero-order valence-electron chi connectivity index (χ0n) is 21.8. The summed E-state index contributed by atoms with van der Waals surface area (Å²) in [6, 6.07) is 13.7. The van der Waals surface area contributed by atoms with E-state index in [4.69, 9.17) is 23.2 Å². The molecule has 0 aromatic heterocycles. The molecule has 2 aromatic carbocycles. The first kappa shape index (κ1) is 28.9. The Labute approximate surface area is 234 Å². The molecule has 1 aliphatic carbocycles. The SMILES string of the molecule is CC[C@@H](CN(C1CC1)S(C)(=O)=O)N1C(=O)[C@@](C)(CC(=O)O)C[C@H](c2cccc(Cl)c2)C1c1ccc(Cl)cc1. The summed E-state index contributed by atoms with van der Waals surface area (Å²) in [5.74, 6) is -1.62. The maximum Gasteiger partial charge on any atom is 0.304 e. The zero-order chi connectivity index (χ0) is 27.8. The number of likely N-dealkylation sites (tertiary alicyclic amines) is 1. The number of carboxylic acids is 1. The summed E-state index contributed by atoms with van der Waals surface area (Å²) in [5.41, 5.74) is 0.550. The van der Waals surface area contributed by atoms with Crippen LogP contribution in [0.1, 0.15) is 69.0 Å². The Morgan fingerprint density at radius 2 is 1.79 bits per heavy atom. The number of nitrogens with zero attached hydrogens (tertiary/aromatic N) is 2. The first-order valence-corrected chi connectivity index (χ1v) is 15.5. The Morgan fingerprint density at radius 3 is 2.32 bits per heavy atom. The van der Waals surface area contributed by atoms with Gasteiger partial charge in [-0.05, 0) is 61.1 Å². The fourth-order valence-electron chi connectivity index (χ4n) is 5.82.